The molecule has 1 atom stereocenters. The van der Waals surface area contributed by atoms with Gasteiger partial charge in [-0.15, -0.1) is 11.3 Å². The van der Waals surface area contributed by atoms with Gasteiger partial charge in [0.1, 0.15) is 0 Å². The van der Waals surface area contributed by atoms with Gasteiger partial charge in [0, 0.05) is 25.8 Å². The Hall–Kier alpha value is -1.33. The van der Waals surface area contributed by atoms with E-state index in [2.05, 4.69) is 38.8 Å². The number of likely N-dealkylation sites (N-methyl/N-ethyl adjacent to an activating group) is 1. The van der Waals surface area contributed by atoms with Crippen LogP contribution in [0.1, 0.15) is 23.5 Å². The monoisotopic (exact) mass is 364 g/mol. The Morgan fingerprint density at radius 2 is 2.29 bits per heavy atom. The van der Waals surface area contributed by atoms with Gasteiger partial charge in [-0.1, -0.05) is 18.2 Å². The average Bonchev–Trinajstić information content (AvgIpc) is 2.91. The zero-order chi connectivity index (χ0) is 14.8. The van der Waals surface area contributed by atoms with Crippen LogP contribution in [-0.2, 0) is 11.3 Å². The van der Waals surface area contributed by atoms with E-state index in [4.69, 9.17) is 0 Å². The Bertz CT molecular complexity index is 655. The first-order valence-corrected chi connectivity index (χ1v) is 8.63. The van der Waals surface area contributed by atoms with Crippen molar-refractivity contribution in [2.24, 2.45) is 0 Å². The summed E-state index contributed by atoms with van der Waals surface area (Å²) in [6.07, 6.45) is 0.855. The zero-order valence-electron chi connectivity index (χ0n) is 11.8. The molecule has 0 saturated carbocycles. The molecule has 0 saturated heterocycles. The van der Waals surface area contributed by atoms with Crippen LogP contribution in [0.15, 0.2) is 39.5 Å². The summed E-state index contributed by atoms with van der Waals surface area (Å²) in [5.41, 5.74) is 3.38. The van der Waals surface area contributed by atoms with Crippen LogP contribution in [-0.4, -0.2) is 24.4 Å². The van der Waals surface area contributed by atoms with Crippen molar-refractivity contribution in [1.29, 1.82) is 0 Å². The Labute approximate surface area is 137 Å². The standard InChI is InChI=1S/C16H17BrN2OS/c1-19(9-11-8-15(17)21-10-11)16(20)13-6-7-18-14-5-3-2-4-12(13)14/h2-5,8,10,13,18H,6-7,9H2,1H3. The van der Waals surface area contributed by atoms with E-state index in [1.54, 1.807) is 11.3 Å². The lowest BCUT2D eigenvalue weighted by Gasteiger charge is -2.29. The molecule has 110 valence electrons. The van der Waals surface area contributed by atoms with Gasteiger partial charge >= 0.3 is 0 Å². The van der Waals surface area contributed by atoms with Gasteiger partial charge in [-0.05, 0) is 51.0 Å². The zero-order valence-corrected chi connectivity index (χ0v) is 14.2. The van der Waals surface area contributed by atoms with Gasteiger partial charge in [-0.3, -0.25) is 4.79 Å². The number of thiophene rings is 1. The molecule has 21 heavy (non-hydrogen) atoms. The molecule has 2 heterocycles. The molecule has 1 amide bonds. The van der Waals surface area contributed by atoms with E-state index in [1.165, 1.54) is 5.56 Å². The first kappa shape index (κ1) is 14.6. The average molecular weight is 365 g/mol. The molecule has 1 aliphatic rings. The fourth-order valence-electron chi connectivity index (χ4n) is 2.77. The molecule has 2 aromatic rings. The maximum absolute atomic E-state index is 12.8. The number of fused-ring (bicyclic) bond motifs is 1. The van der Waals surface area contributed by atoms with Crippen molar-refractivity contribution in [1.82, 2.24) is 4.90 Å². The largest absolute Gasteiger partial charge is 0.385 e. The van der Waals surface area contributed by atoms with Gasteiger partial charge in [-0.25, -0.2) is 0 Å². The fourth-order valence-corrected chi connectivity index (χ4v) is 3.97. The van der Waals surface area contributed by atoms with Crippen LogP contribution in [0.4, 0.5) is 5.69 Å². The minimum absolute atomic E-state index is 0.0328. The van der Waals surface area contributed by atoms with Gasteiger partial charge in [0.05, 0.1) is 9.70 Å². The molecule has 3 rings (SSSR count). The molecule has 1 N–H and O–H groups in total. The van der Waals surface area contributed by atoms with Gasteiger partial charge in [-0.2, -0.15) is 0 Å². The molecule has 0 spiro atoms. The second-order valence-electron chi connectivity index (χ2n) is 5.31. The molecule has 3 nitrogen and oxygen atoms in total. The molecule has 0 radical (unpaired) electrons. The van der Waals surface area contributed by atoms with Crippen molar-refractivity contribution < 1.29 is 4.79 Å². The third kappa shape index (κ3) is 3.14. The first-order valence-electron chi connectivity index (χ1n) is 6.96. The molecule has 1 aromatic heterocycles. The summed E-state index contributed by atoms with van der Waals surface area (Å²) in [5, 5.41) is 5.45. The maximum Gasteiger partial charge on any atom is 0.230 e. The Balaban J connectivity index is 1.76. The number of benzene rings is 1. The van der Waals surface area contributed by atoms with Crippen molar-refractivity contribution in [3.8, 4) is 0 Å². The summed E-state index contributed by atoms with van der Waals surface area (Å²) in [7, 11) is 1.89. The van der Waals surface area contributed by atoms with E-state index in [0.717, 1.165) is 28.0 Å². The SMILES string of the molecule is CN(Cc1csc(Br)c1)C(=O)C1CCNc2ccccc21. The molecule has 1 aliphatic heterocycles. The smallest absolute Gasteiger partial charge is 0.230 e. The molecule has 1 aromatic carbocycles. The normalized spacial score (nSPS) is 17.0. The van der Waals surface area contributed by atoms with Gasteiger partial charge in [0.2, 0.25) is 5.91 Å². The first-order chi connectivity index (χ1) is 10.1. The van der Waals surface area contributed by atoms with Gasteiger partial charge < -0.3 is 10.2 Å². The number of hydrogen-bond acceptors (Lipinski definition) is 3. The minimum atomic E-state index is -0.0328. The number of anilines is 1. The third-order valence-corrected chi connectivity index (χ3v) is 5.35. The minimum Gasteiger partial charge on any atom is -0.385 e. The van der Waals surface area contributed by atoms with E-state index >= 15 is 0 Å². The van der Waals surface area contributed by atoms with Crippen LogP contribution in [0.25, 0.3) is 0 Å². The second kappa shape index (κ2) is 6.20. The predicted molar refractivity (Wildman–Crippen MR) is 90.8 cm³/mol. The predicted octanol–water partition coefficient (Wildman–Crippen LogP) is 4.07. The summed E-state index contributed by atoms with van der Waals surface area (Å²) < 4.78 is 1.10. The van der Waals surface area contributed by atoms with Gasteiger partial charge in [0.15, 0.2) is 0 Å². The molecular formula is C16H17BrN2OS. The summed E-state index contributed by atoms with van der Waals surface area (Å²) in [6.45, 7) is 1.51. The molecule has 1 unspecified atom stereocenters. The highest BCUT2D eigenvalue weighted by Gasteiger charge is 2.28. The fraction of sp³-hybridized carbons (Fsp3) is 0.312. The maximum atomic E-state index is 12.8. The van der Waals surface area contributed by atoms with Gasteiger partial charge in [0.25, 0.3) is 0 Å². The topological polar surface area (TPSA) is 32.3 Å². The highest BCUT2D eigenvalue weighted by Crippen LogP contribution is 2.33. The molecule has 0 aliphatic carbocycles. The number of hydrogen-bond donors (Lipinski definition) is 1. The van der Waals surface area contributed by atoms with E-state index in [1.807, 2.05) is 30.1 Å². The van der Waals surface area contributed by atoms with Crippen molar-refractivity contribution in [2.75, 3.05) is 18.9 Å². The highest BCUT2D eigenvalue weighted by atomic mass is 79.9. The van der Waals surface area contributed by atoms with E-state index < -0.39 is 0 Å². The number of carbonyl (C=O) groups is 1. The summed E-state index contributed by atoms with van der Waals surface area (Å²) in [4.78, 5) is 14.6. The Kier molecular flexibility index (Phi) is 4.31. The number of nitrogens with one attached hydrogen (secondary N) is 1. The molecule has 0 bridgehead atoms. The van der Waals surface area contributed by atoms with E-state index in [0.29, 0.717) is 6.54 Å². The summed E-state index contributed by atoms with van der Waals surface area (Å²) >= 11 is 5.11. The van der Waals surface area contributed by atoms with Crippen molar-refractivity contribution in [3.63, 3.8) is 0 Å². The number of rotatable bonds is 3. The number of para-hydroxylation sites is 1. The quantitative estimate of drug-likeness (QED) is 0.890. The van der Waals surface area contributed by atoms with Crippen LogP contribution in [0.5, 0.6) is 0 Å². The lowest BCUT2D eigenvalue weighted by Crippen LogP contribution is -2.34. The number of nitrogens with zero attached hydrogens (tertiary/aromatic N) is 1. The van der Waals surface area contributed by atoms with Crippen LogP contribution >= 0.6 is 27.3 Å². The third-order valence-electron chi connectivity index (χ3n) is 3.80. The van der Waals surface area contributed by atoms with Crippen molar-refractivity contribution in [3.05, 3.63) is 50.6 Å². The number of carbonyl (C=O) groups excluding carboxylic acids is 1. The lowest BCUT2D eigenvalue weighted by molar-refractivity contribution is -0.132. The van der Waals surface area contributed by atoms with Crippen molar-refractivity contribution in [2.45, 2.75) is 18.9 Å². The van der Waals surface area contributed by atoms with Crippen LogP contribution in [0.3, 0.4) is 0 Å². The Morgan fingerprint density at radius 1 is 1.48 bits per heavy atom. The van der Waals surface area contributed by atoms with Crippen LogP contribution in [0, 0.1) is 0 Å². The van der Waals surface area contributed by atoms with Crippen molar-refractivity contribution >= 4 is 38.9 Å². The lowest BCUT2D eigenvalue weighted by atomic mass is 9.90. The molecule has 5 heteroatoms. The van der Waals surface area contributed by atoms with Crippen LogP contribution in [0.2, 0.25) is 0 Å². The highest BCUT2D eigenvalue weighted by molar-refractivity contribution is 9.11. The second-order valence-corrected chi connectivity index (χ2v) is 7.60. The van der Waals surface area contributed by atoms with E-state index in [9.17, 15) is 4.79 Å². The summed E-state index contributed by atoms with van der Waals surface area (Å²) in [5.74, 6) is 0.167. The Morgan fingerprint density at radius 3 is 3.05 bits per heavy atom. The molecular weight excluding hydrogens is 348 g/mol. The summed E-state index contributed by atoms with van der Waals surface area (Å²) in [6, 6.07) is 10.2. The number of halogens is 1. The van der Waals surface area contributed by atoms with E-state index in [-0.39, 0.29) is 11.8 Å². The molecule has 0 fully saturated rings. The van der Waals surface area contributed by atoms with Crippen LogP contribution < -0.4 is 5.32 Å². The number of amides is 1.